The summed E-state index contributed by atoms with van der Waals surface area (Å²) in [5, 5.41) is 3.85. The third-order valence-electron chi connectivity index (χ3n) is 4.03. The van der Waals surface area contributed by atoms with Gasteiger partial charge in [0.15, 0.2) is 12.4 Å². The van der Waals surface area contributed by atoms with Crippen molar-refractivity contribution in [3.05, 3.63) is 63.7 Å². The smallest absolute Gasteiger partial charge is 0.279 e. The number of anilines is 1. The van der Waals surface area contributed by atoms with Gasteiger partial charge in [-0.1, -0.05) is 23.7 Å². The van der Waals surface area contributed by atoms with Crippen molar-refractivity contribution >= 4 is 34.1 Å². The average Bonchev–Trinajstić information content (AvgIpc) is 2.61. The zero-order chi connectivity index (χ0) is 19.4. The number of benzene rings is 2. The molecular weight excluding hydrogens is 368 g/mol. The number of aromatic amines is 1. The van der Waals surface area contributed by atoms with Crippen LogP contribution < -0.4 is 20.5 Å². The molecule has 0 saturated carbocycles. The molecule has 0 spiro atoms. The highest BCUT2D eigenvalue weighted by molar-refractivity contribution is 6.31. The summed E-state index contributed by atoms with van der Waals surface area (Å²) in [4.78, 5) is 32.6. The van der Waals surface area contributed by atoms with E-state index in [0.29, 0.717) is 39.7 Å². The minimum Gasteiger partial charge on any atom is -0.495 e. The molecule has 1 heterocycles. The number of carbonyl (C=O) groups excluding carboxylic acids is 1. The molecule has 1 atom stereocenters. The number of quaternary nitrogens is 1. The van der Waals surface area contributed by atoms with E-state index >= 15 is 0 Å². The number of nitrogens with one attached hydrogen (secondary N) is 3. The third kappa shape index (κ3) is 4.64. The Bertz CT molecular complexity index is 1030. The second-order valence-corrected chi connectivity index (χ2v) is 6.67. The van der Waals surface area contributed by atoms with E-state index in [1.165, 1.54) is 7.11 Å². The van der Waals surface area contributed by atoms with Crippen LogP contribution in [0.25, 0.3) is 10.9 Å². The summed E-state index contributed by atoms with van der Waals surface area (Å²) >= 11 is 5.98. The molecule has 1 amide bonds. The van der Waals surface area contributed by atoms with E-state index in [9.17, 15) is 9.59 Å². The maximum Gasteiger partial charge on any atom is 0.279 e. The number of halogens is 1. The van der Waals surface area contributed by atoms with E-state index in [0.717, 1.165) is 4.90 Å². The molecule has 7 nitrogen and oxygen atoms in total. The van der Waals surface area contributed by atoms with Crippen LogP contribution in [-0.2, 0) is 11.3 Å². The van der Waals surface area contributed by atoms with E-state index < -0.39 is 0 Å². The monoisotopic (exact) mass is 387 g/mol. The van der Waals surface area contributed by atoms with Crippen LogP contribution in [0.1, 0.15) is 5.82 Å². The number of likely N-dealkylation sites (N-methyl/N-ethyl adjacent to an activating group) is 1. The zero-order valence-electron chi connectivity index (χ0n) is 15.0. The van der Waals surface area contributed by atoms with Crippen LogP contribution in [-0.4, -0.2) is 36.6 Å². The second-order valence-electron chi connectivity index (χ2n) is 6.23. The number of aromatic nitrogens is 2. The number of ether oxygens (including phenoxy) is 1. The van der Waals surface area contributed by atoms with Gasteiger partial charge in [-0.2, -0.15) is 0 Å². The molecule has 0 fully saturated rings. The maximum atomic E-state index is 12.3. The number of H-pyrrole nitrogens is 1. The van der Waals surface area contributed by atoms with Crippen molar-refractivity contribution in [3.63, 3.8) is 0 Å². The molecule has 1 aromatic heterocycles. The predicted octanol–water partition coefficient (Wildman–Crippen LogP) is 1.24. The number of rotatable bonds is 6. The number of hydrogen-bond acceptors (Lipinski definition) is 4. The number of amides is 1. The van der Waals surface area contributed by atoms with Gasteiger partial charge in [-0.05, 0) is 30.3 Å². The topological polar surface area (TPSA) is 88.5 Å². The summed E-state index contributed by atoms with van der Waals surface area (Å²) < 4.78 is 5.23. The van der Waals surface area contributed by atoms with Crippen molar-refractivity contribution in [1.29, 1.82) is 0 Å². The molecule has 0 radical (unpaired) electrons. The molecule has 8 heteroatoms. The molecule has 140 valence electrons. The summed E-state index contributed by atoms with van der Waals surface area (Å²) in [6.07, 6.45) is 0. The Labute approximate surface area is 160 Å². The van der Waals surface area contributed by atoms with Crippen LogP contribution in [0.15, 0.2) is 47.3 Å². The van der Waals surface area contributed by atoms with E-state index in [2.05, 4.69) is 15.3 Å². The van der Waals surface area contributed by atoms with E-state index in [4.69, 9.17) is 16.3 Å². The third-order valence-corrected chi connectivity index (χ3v) is 4.26. The van der Waals surface area contributed by atoms with Gasteiger partial charge in [0, 0.05) is 5.02 Å². The van der Waals surface area contributed by atoms with Gasteiger partial charge in [-0.3, -0.25) is 9.59 Å². The number of fused-ring (bicyclic) bond motifs is 1. The lowest BCUT2D eigenvalue weighted by molar-refractivity contribution is -0.885. The van der Waals surface area contributed by atoms with Crippen LogP contribution in [0.4, 0.5) is 5.69 Å². The van der Waals surface area contributed by atoms with Gasteiger partial charge in [0.1, 0.15) is 12.3 Å². The van der Waals surface area contributed by atoms with E-state index in [-0.39, 0.29) is 18.0 Å². The number of hydrogen-bond donors (Lipinski definition) is 3. The zero-order valence-corrected chi connectivity index (χ0v) is 15.8. The molecular formula is C19H20ClN4O3+. The van der Waals surface area contributed by atoms with Crippen molar-refractivity contribution in [2.24, 2.45) is 0 Å². The fourth-order valence-electron chi connectivity index (χ4n) is 2.81. The molecule has 3 N–H and O–H groups in total. The van der Waals surface area contributed by atoms with Crippen LogP contribution in [0.3, 0.4) is 0 Å². The summed E-state index contributed by atoms with van der Waals surface area (Å²) in [5.74, 6) is 0.867. The van der Waals surface area contributed by atoms with E-state index in [1.54, 1.807) is 36.4 Å². The Kier molecular flexibility index (Phi) is 5.73. The van der Waals surface area contributed by atoms with E-state index in [1.807, 2.05) is 13.1 Å². The molecule has 27 heavy (non-hydrogen) atoms. The van der Waals surface area contributed by atoms with Crippen LogP contribution in [0.5, 0.6) is 5.75 Å². The molecule has 0 aliphatic heterocycles. The molecule has 0 saturated heterocycles. The fourth-order valence-corrected chi connectivity index (χ4v) is 2.99. The fraction of sp³-hybridized carbons (Fsp3) is 0.211. The minimum atomic E-state index is -0.198. The number of para-hydroxylation sites is 1. The molecule has 3 rings (SSSR count). The van der Waals surface area contributed by atoms with Gasteiger partial charge in [0.05, 0.1) is 30.7 Å². The van der Waals surface area contributed by atoms with Crippen LogP contribution in [0, 0.1) is 0 Å². The average molecular weight is 388 g/mol. The first-order valence-corrected chi connectivity index (χ1v) is 8.76. The van der Waals surface area contributed by atoms with Crippen molar-refractivity contribution in [2.45, 2.75) is 6.54 Å². The summed E-state index contributed by atoms with van der Waals surface area (Å²) in [7, 11) is 3.38. The summed E-state index contributed by atoms with van der Waals surface area (Å²) in [6.45, 7) is 0.590. The molecule has 3 aromatic rings. The molecule has 0 aliphatic rings. The van der Waals surface area contributed by atoms with Crippen molar-refractivity contribution in [3.8, 4) is 5.75 Å². The Morgan fingerprint density at radius 2 is 2.07 bits per heavy atom. The SMILES string of the molecule is COc1ccc(Cl)cc1NC(=O)C[NH+](C)Cc1nc2ccccc2c(=O)[nH]1. The van der Waals surface area contributed by atoms with Gasteiger partial charge < -0.3 is 19.9 Å². The highest BCUT2D eigenvalue weighted by Gasteiger charge is 2.15. The standard InChI is InChI=1S/C19H19ClN4O3/c1-24(10-17-21-14-6-4-3-5-13(14)19(26)23-17)11-18(25)22-15-9-12(20)7-8-16(15)27-2/h3-9H,10-11H2,1-2H3,(H,22,25)(H,21,23,26)/p+1. The second kappa shape index (κ2) is 8.20. The first-order valence-electron chi connectivity index (χ1n) is 8.39. The molecule has 0 aliphatic carbocycles. The van der Waals surface area contributed by atoms with Gasteiger partial charge in [-0.15, -0.1) is 0 Å². The van der Waals surface area contributed by atoms with Crippen molar-refractivity contribution in [1.82, 2.24) is 9.97 Å². The Morgan fingerprint density at radius 3 is 2.85 bits per heavy atom. The first-order chi connectivity index (χ1) is 13.0. The number of methoxy groups -OCH3 is 1. The number of nitrogens with zero attached hydrogens (tertiary/aromatic N) is 1. The lowest BCUT2D eigenvalue weighted by Gasteiger charge is -2.15. The van der Waals surface area contributed by atoms with Gasteiger partial charge >= 0.3 is 0 Å². The van der Waals surface area contributed by atoms with Gasteiger partial charge in [-0.25, -0.2) is 4.98 Å². The summed E-state index contributed by atoms with van der Waals surface area (Å²) in [6, 6.07) is 12.2. The Balaban J connectivity index is 1.67. The van der Waals surface area contributed by atoms with Crippen LogP contribution in [0.2, 0.25) is 5.02 Å². The van der Waals surface area contributed by atoms with Gasteiger partial charge in [0.2, 0.25) is 0 Å². The maximum absolute atomic E-state index is 12.3. The molecule has 1 unspecified atom stereocenters. The lowest BCUT2D eigenvalue weighted by Crippen LogP contribution is -3.08. The van der Waals surface area contributed by atoms with Crippen molar-refractivity contribution in [2.75, 3.05) is 26.0 Å². The van der Waals surface area contributed by atoms with Crippen molar-refractivity contribution < 1.29 is 14.4 Å². The lowest BCUT2D eigenvalue weighted by atomic mass is 10.2. The Morgan fingerprint density at radius 1 is 1.30 bits per heavy atom. The highest BCUT2D eigenvalue weighted by atomic mass is 35.5. The van der Waals surface area contributed by atoms with Gasteiger partial charge in [0.25, 0.3) is 11.5 Å². The minimum absolute atomic E-state index is 0.184. The largest absolute Gasteiger partial charge is 0.495 e. The molecule has 2 aromatic carbocycles. The Hall–Kier alpha value is -2.90. The normalized spacial score (nSPS) is 12.0. The van der Waals surface area contributed by atoms with Crippen LogP contribution >= 0.6 is 11.6 Å². The highest BCUT2D eigenvalue weighted by Crippen LogP contribution is 2.27. The number of carbonyl (C=O) groups is 1. The molecule has 0 bridgehead atoms. The summed E-state index contributed by atoms with van der Waals surface area (Å²) in [5.41, 5.74) is 0.966. The quantitative estimate of drug-likeness (QED) is 0.593. The first kappa shape index (κ1) is 18.9. The predicted molar refractivity (Wildman–Crippen MR) is 104 cm³/mol.